The van der Waals surface area contributed by atoms with Crippen molar-refractivity contribution in [2.45, 2.75) is 11.4 Å². The molecule has 1 aliphatic rings. The van der Waals surface area contributed by atoms with E-state index in [1.54, 1.807) is 18.2 Å². The summed E-state index contributed by atoms with van der Waals surface area (Å²) in [5, 5.41) is 16.4. The smallest absolute Gasteiger partial charge is 0.234 e. The number of anilines is 2. The van der Waals surface area contributed by atoms with Crippen LogP contribution in [0.1, 0.15) is 5.56 Å². The van der Waals surface area contributed by atoms with E-state index in [0.29, 0.717) is 22.9 Å². The largest absolute Gasteiger partial charge is 0.508 e. The van der Waals surface area contributed by atoms with Gasteiger partial charge in [-0.3, -0.25) is 4.79 Å². The molecule has 1 amide bonds. The minimum absolute atomic E-state index is 0.00778. The molecule has 0 fully saturated rings. The first-order valence-corrected chi connectivity index (χ1v) is 7.77. The minimum Gasteiger partial charge on any atom is -0.508 e. The SMILES string of the molecule is O=C1CSc2ccc(NCc3c(O)cccc3Cl)cc2N1. The number of halogens is 1. The van der Waals surface area contributed by atoms with Crippen LogP contribution in [-0.2, 0) is 11.3 Å². The fourth-order valence-corrected chi connectivity index (χ4v) is 3.13. The van der Waals surface area contributed by atoms with Crippen molar-refractivity contribution in [1.82, 2.24) is 0 Å². The van der Waals surface area contributed by atoms with Crippen LogP contribution in [-0.4, -0.2) is 16.8 Å². The van der Waals surface area contributed by atoms with Crippen LogP contribution in [0.15, 0.2) is 41.3 Å². The molecule has 3 rings (SSSR count). The summed E-state index contributed by atoms with van der Waals surface area (Å²) in [4.78, 5) is 12.5. The van der Waals surface area contributed by atoms with Gasteiger partial charge in [0, 0.05) is 27.7 Å². The molecule has 0 atom stereocenters. The van der Waals surface area contributed by atoms with E-state index in [1.165, 1.54) is 11.8 Å². The number of carbonyl (C=O) groups is 1. The third-order valence-corrected chi connectivity index (χ3v) is 4.60. The van der Waals surface area contributed by atoms with E-state index in [4.69, 9.17) is 11.6 Å². The quantitative estimate of drug-likeness (QED) is 0.807. The van der Waals surface area contributed by atoms with E-state index in [1.807, 2.05) is 18.2 Å². The minimum atomic E-state index is 0.00778. The first kappa shape index (κ1) is 14.1. The van der Waals surface area contributed by atoms with Gasteiger partial charge >= 0.3 is 0 Å². The molecule has 0 radical (unpaired) electrons. The highest BCUT2D eigenvalue weighted by Gasteiger charge is 2.15. The van der Waals surface area contributed by atoms with Crippen molar-refractivity contribution in [3.63, 3.8) is 0 Å². The van der Waals surface area contributed by atoms with Crippen LogP contribution in [0.4, 0.5) is 11.4 Å². The predicted molar refractivity (Wildman–Crippen MR) is 86.2 cm³/mol. The molecule has 1 aliphatic heterocycles. The number of rotatable bonds is 3. The number of thioether (sulfide) groups is 1. The fraction of sp³-hybridized carbons (Fsp3) is 0.133. The Morgan fingerprint density at radius 3 is 3.00 bits per heavy atom. The Balaban J connectivity index is 1.77. The lowest BCUT2D eigenvalue weighted by atomic mass is 10.2. The van der Waals surface area contributed by atoms with Gasteiger partial charge in [-0.2, -0.15) is 0 Å². The van der Waals surface area contributed by atoms with Crippen molar-refractivity contribution >= 4 is 40.6 Å². The van der Waals surface area contributed by atoms with E-state index < -0.39 is 0 Å². The molecule has 21 heavy (non-hydrogen) atoms. The first-order valence-electron chi connectivity index (χ1n) is 6.40. The molecule has 0 saturated heterocycles. The van der Waals surface area contributed by atoms with Crippen LogP contribution in [0, 0.1) is 0 Å². The van der Waals surface area contributed by atoms with E-state index in [0.717, 1.165) is 16.3 Å². The lowest BCUT2D eigenvalue weighted by Crippen LogP contribution is -2.18. The number of nitrogens with one attached hydrogen (secondary N) is 2. The van der Waals surface area contributed by atoms with Crippen LogP contribution in [0.5, 0.6) is 5.75 Å². The Hall–Kier alpha value is -1.85. The average Bonchev–Trinajstić information content (AvgIpc) is 2.46. The fourth-order valence-electron chi connectivity index (χ4n) is 2.11. The van der Waals surface area contributed by atoms with Crippen LogP contribution in [0.2, 0.25) is 5.02 Å². The molecule has 0 aliphatic carbocycles. The van der Waals surface area contributed by atoms with Crippen molar-refractivity contribution in [2.24, 2.45) is 0 Å². The molecule has 0 aromatic heterocycles. The van der Waals surface area contributed by atoms with Crippen molar-refractivity contribution in [1.29, 1.82) is 0 Å². The van der Waals surface area contributed by atoms with Crippen molar-refractivity contribution < 1.29 is 9.90 Å². The maximum atomic E-state index is 11.4. The summed E-state index contributed by atoms with van der Waals surface area (Å²) in [5.41, 5.74) is 2.32. The van der Waals surface area contributed by atoms with Gasteiger partial charge in [-0.1, -0.05) is 17.7 Å². The number of aromatic hydroxyl groups is 1. The van der Waals surface area contributed by atoms with Crippen LogP contribution in [0.25, 0.3) is 0 Å². The molecule has 0 spiro atoms. The number of benzene rings is 2. The second-order valence-electron chi connectivity index (χ2n) is 4.64. The van der Waals surface area contributed by atoms with Gasteiger partial charge in [-0.25, -0.2) is 0 Å². The van der Waals surface area contributed by atoms with Gasteiger partial charge in [-0.15, -0.1) is 11.8 Å². The Kier molecular flexibility index (Phi) is 3.94. The molecule has 4 nitrogen and oxygen atoms in total. The summed E-state index contributed by atoms with van der Waals surface area (Å²) in [6.45, 7) is 0.408. The van der Waals surface area contributed by atoms with Crippen LogP contribution in [0.3, 0.4) is 0 Å². The molecule has 0 unspecified atom stereocenters. The highest BCUT2D eigenvalue weighted by molar-refractivity contribution is 8.00. The number of carbonyl (C=O) groups excluding carboxylic acids is 1. The standard InChI is InChI=1S/C15H13ClN2O2S/c16-11-2-1-3-13(19)10(11)7-17-9-4-5-14-12(6-9)18-15(20)8-21-14/h1-6,17,19H,7-8H2,(H,18,20). The second-order valence-corrected chi connectivity index (χ2v) is 6.06. The molecular weight excluding hydrogens is 308 g/mol. The summed E-state index contributed by atoms with van der Waals surface area (Å²) >= 11 is 7.59. The summed E-state index contributed by atoms with van der Waals surface area (Å²) < 4.78 is 0. The number of hydrogen-bond donors (Lipinski definition) is 3. The normalized spacial score (nSPS) is 13.5. The molecule has 6 heteroatoms. The molecule has 2 aromatic rings. The zero-order valence-electron chi connectivity index (χ0n) is 11.0. The van der Waals surface area contributed by atoms with E-state index in [9.17, 15) is 9.90 Å². The summed E-state index contributed by atoms with van der Waals surface area (Å²) in [7, 11) is 0. The Labute approximate surface area is 131 Å². The van der Waals surface area contributed by atoms with E-state index >= 15 is 0 Å². The Morgan fingerprint density at radius 2 is 2.19 bits per heavy atom. The number of amides is 1. The highest BCUT2D eigenvalue weighted by atomic mass is 35.5. The van der Waals surface area contributed by atoms with Gasteiger partial charge in [0.15, 0.2) is 0 Å². The molecular formula is C15H13ClN2O2S. The third-order valence-electron chi connectivity index (χ3n) is 3.18. The monoisotopic (exact) mass is 320 g/mol. The average molecular weight is 321 g/mol. The molecule has 108 valence electrons. The maximum absolute atomic E-state index is 11.4. The second kappa shape index (κ2) is 5.87. The summed E-state index contributed by atoms with van der Waals surface area (Å²) in [6, 6.07) is 10.8. The molecule has 1 heterocycles. The van der Waals surface area contributed by atoms with Gasteiger partial charge in [0.05, 0.1) is 11.4 Å². The summed E-state index contributed by atoms with van der Waals surface area (Å²) in [6.07, 6.45) is 0. The maximum Gasteiger partial charge on any atom is 0.234 e. The van der Waals surface area contributed by atoms with Gasteiger partial charge in [0.1, 0.15) is 5.75 Å². The predicted octanol–water partition coefficient (Wildman–Crippen LogP) is 3.70. The molecule has 0 bridgehead atoms. The number of fused-ring (bicyclic) bond motifs is 1. The first-order chi connectivity index (χ1) is 10.1. The summed E-state index contributed by atoms with van der Waals surface area (Å²) in [5.74, 6) is 0.623. The number of phenols is 1. The van der Waals surface area contributed by atoms with Crippen LogP contribution >= 0.6 is 23.4 Å². The van der Waals surface area contributed by atoms with Gasteiger partial charge in [-0.05, 0) is 30.3 Å². The van der Waals surface area contributed by atoms with Gasteiger partial charge < -0.3 is 15.7 Å². The topological polar surface area (TPSA) is 61.4 Å². The zero-order valence-corrected chi connectivity index (χ0v) is 12.6. The van der Waals surface area contributed by atoms with E-state index in [-0.39, 0.29) is 11.7 Å². The van der Waals surface area contributed by atoms with E-state index in [2.05, 4.69) is 10.6 Å². The van der Waals surface area contributed by atoms with Crippen LogP contribution < -0.4 is 10.6 Å². The van der Waals surface area contributed by atoms with Crippen molar-refractivity contribution in [3.05, 3.63) is 47.0 Å². The van der Waals surface area contributed by atoms with Gasteiger partial charge in [0.25, 0.3) is 0 Å². The Bertz CT molecular complexity index is 686. The third kappa shape index (κ3) is 3.09. The molecule has 0 saturated carbocycles. The van der Waals surface area contributed by atoms with Gasteiger partial charge in [0.2, 0.25) is 5.91 Å². The zero-order chi connectivity index (χ0) is 14.8. The molecule has 3 N–H and O–H groups in total. The number of hydrogen-bond acceptors (Lipinski definition) is 4. The number of phenolic OH excluding ortho intramolecular Hbond substituents is 1. The molecule has 2 aromatic carbocycles. The highest BCUT2D eigenvalue weighted by Crippen LogP contribution is 2.34. The van der Waals surface area contributed by atoms with Crippen molar-refractivity contribution in [2.75, 3.05) is 16.4 Å². The van der Waals surface area contributed by atoms with Crippen molar-refractivity contribution in [3.8, 4) is 5.75 Å². The lowest BCUT2D eigenvalue weighted by Gasteiger charge is -2.18. The Morgan fingerprint density at radius 1 is 1.33 bits per heavy atom. The lowest BCUT2D eigenvalue weighted by molar-refractivity contribution is -0.113.